The monoisotopic (exact) mass is 278 g/mol. The second-order valence-electron chi connectivity index (χ2n) is 4.97. The standard InChI is InChI=1S/C11H14N6O3/c18-8(1-4-17-6-3-12-15-17)16-5-2-11(7-16)9(19)13-10(20)14-11/h3,6H,1-2,4-5,7H2,(H2,13,14,19,20). The Bertz CT molecular complexity index is 557. The zero-order chi connectivity index (χ0) is 14.2. The third-order valence-electron chi connectivity index (χ3n) is 3.66. The molecule has 1 aromatic heterocycles. The number of carbonyl (C=O) groups excluding carboxylic acids is 3. The number of imide groups is 1. The van der Waals surface area contributed by atoms with E-state index in [2.05, 4.69) is 20.9 Å². The molecule has 0 radical (unpaired) electrons. The molecule has 3 heterocycles. The van der Waals surface area contributed by atoms with Crippen molar-refractivity contribution in [2.45, 2.75) is 24.9 Å². The van der Waals surface area contributed by atoms with Gasteiger partial charge in [-0.15, -0.1) is 5.10 Å². The van der Waals surface area contributed by atoms with E-state index in [4.69, 9.17) is 0 Å². The molecule has 1 aromatic rings. The van der Waals surface area contributed by atoms with Gasteiger partial charge in [0.2, 0.25) is 5.91 Å². The summed E-state index contributed by atoms with van der Waals surface area (Å²) in [4.78, 5) is 36.7. The minimum atomic E-state index is -0.944. The molecule has 106 valence electrons. The quantitative estimate of drug-likeness (QED) is 0.652. The number of likely N-dealkylation sites (tertiary alicyclic amines) is 1. The zero-order valence-corrected chi connectivity index (χ0v) is 10.7. The zero-order valence-electron chi connectivity index (χ0n) is 10.7. The van der Waals surface area contributed by atoms with Gasteiger partial charge in [0.1, 0.15) is 5.54 Å². The van der Waals surface area contributed by atoms with Crippen LogP contribution in [0.5, 0.6) is 0 Å². The van der Waals surface area contributed by atoms with Crippen LogP contribution in [0.3, 0.4) is 0 Å². The van der Waals surface area contributed by atoms with E-state index in [1.54, 1.807) is 22.0 Å². The van der Waals surface area contributed by atoms with Crippen LogP contribution >= 0.6 is 0 Å². The Hall–Kier alpha value is -2.45. The van der Waals surface area contributed by atoms with Crippen molar-refractivity contribution in [1.29, 1.82) is 0 Å². The van der Waals surface area contributed by atoms with Crippen molar-refractivity contribution in [3.63, 3.8) is 0 Å². The molecule has 20 heavy (non-hydrogen) atoms. The maximum atomic E-state index is 12.1. The summed E-state index contributed by atoms with van der Waals surface area (Å²) in [5, 5.41) is 12.3. The molecule has 2 saturated heterocycles. The fourth-order valence-corrected chi connectivity index (χ4v) is 2.56. The summed E-state index contributed by atoms with van der Waals surface area (Å²) in [7, 11) is 0. The van der Waals surface area contributed by atoms with Gasteiger partial charge in [-0.2, -0.15) is 0 Å². The van der Waals surface area contributed by atoms with E-state index in [-0.39, 0.29) is 24.8 Å². The van der Waals surface area contributed by atoms with Gasteiger partial charge in [0.15, 0.2) is 0 Å². The average molecular weight is 278 g/mol. The number of aromatic nitrogens is 3. The van der Waals surface area contributed by atoms with Gasteiger partial charge >= 0.3 is 6.03 Å². The summed E-state index contributed by atoms with van der Waals surface area (Å²) in [5.41, 5.74) is -0.944. The van der Waals surface area contributed by atoms with E-state index in [1.165, 1.54) is 0 Å². The molecule has 2 fully saturated rings. The highest BCUT2D eigenvalue weighted by Crippen LogP contribution is 2.25. The summed E-state index contributed by atoms with van der Waals surface area (Å²) >= 11 is 0. The summed E-state index contributed by atoms with van der Waals surface area (Å²) in [6.07, 6.45) is 3.96. The molecule has 0 saturated carbocycles. The molecule has 1 atom stereocenters. The first-order valence-electron chi connectivity index (χ1n) is 6.35. The smallest absolute Gasteiger partial charge is 0.322 e. The number of hydrogen-bond donors (Lipinski definition) is 2. The van der Waals surface area contributed by atoms with E-state index in [9.17, 15) is 14.4 Å². The number of aryl methyl sites for hydroxylation is 1. The van der Waals surface area contributed by atoms with Crippen LogP contribution < -0.4 is 10.6 Å². The van der Waals surface area contributed by atoms with Crippen molar-refractivity contribution in [3.05, 3.63) is 12.4 Å². The minimum absolute atomic E-state index is 0.0636. The Morgan fingerprint density at radius 1 is 1.45 bits per heavy atom. The lowest BCUT2D eigenvalue weighted by Gasteiger charge is -2.21. The summed E-state index contributed by atoms with van der Waals surface area (Å²) in [6, 6.07) is -0.494. The van der Waals surface area contributed by atoms with Gasteiger partial charge in [-0.3, -0.25) is 19.6 Å². The van der Waals surface area contributed by atoms with Gasteiger partial charge in [0, 0.05) is 19.2 Å². The summed E-state index contributed by atoms with van der Waals surface area (Å²) in [5.74, 6) is -0.416. The molecule has 9 heteroatoms. The van der Waals surface area contributed by atoms with Crippen LogP contribution in [-0.2, 0) is 16.1 Å². The molecular weight excluding hydrogens is 264 g/mol. The number of nitrogens with zero attached hydrogens (tertiary/aromatic N) is 4. The van der Waals surface area contributed by atoms with Crippen molar-refractivity contribution >= 4 is 17.8 Å². The number of urea groups is 1. The van der Waals surface area contributed by atoms with Crippen molar-refractivity contribution in [2.24, 2.45) is 0 Å². The first kappa shape index (κ1) is 12.6. The van der Waals surface area contributed by atoms with Crippen LogP contribution in [0, 0.1) is 0 Å². The van der Waals surface area contributed by atoms with Gasteiger partial charge in [-0.1, -0.05) is 5.21 Å². The second kappa shape index (κ2) is 4.58. The van der Waals surface area contributed by atoms with Crippen LogP contribution in [0.15, 0.2) is 12.4 Å². The highest BCUT2D eigenvalue weighted by atomic mass is 16.2. The fourth-order valence-electron chi connectivity index (χ4n) is 2.56. The molecular formula is C11H14N6O3. The molecule has 9 nitrogen and oxygen atoms in total. The normalized spacial score (nSPS) is 25.1. The number of rotatable bonds is 3. The van der Waals surface area contributed by atoms with E-state index in [0.29, 0.717) is 19.5 Å². The largest absolute Gasteiger partial charge is 0.340 e. The lowest BCUT2D eigenvalue weighted by molar-refractivity contribution is -0.131. The second-order valence-corrected chi connectivity index (χ2v) is 4.97. The number of amides is 4. The average Bonchev–Trinajstić information content (AvgIpc) is 3.10. The van der Waals surface area contributed by atoms with E-state index >= 15 is 0 Å². The van der Waals surface area contributed by atoms with Gasteiger partial charge in [-0.05, 0) is 6.42 Å². The van der Waals surface area contributed by atoms with E-state index in [1.807, 2.05) is 0 Å². The highest BCUT2D eigenvalue weighted by Gasteiger charge is 2.51. The van der Waals surface area contributed by atoms with Crippen LogP contribution in [0.1, 0.15) is 12.8 Å². The Labute approximate surface area is 114 Å². The molecule has 1 spiro atoms. The van der Waals surface area contributed by atoms with E-state index < -0.39 is 11.6 Å². The topological polar surface area (TPSA) is 109 Å². The van der Waals surface area contributed by atoms with Crippen molar-refractivity contribution in [2.75, 3.05) is 13.1 Å². The molecule has 0 bridgehead atoms. The SMILES string of the molecule is O=C1NC(=O)C2(CCN(C(=O)CCn3ccnn3)C2)N1. The Morgan fingerprint density at radius 2 is 2.30 bits per heavy atom. The van der Waals surface area contributed by atoms with Crippen LogP contribution in [-0.4, -0.2) is 56.4 Å². The Morgan fingerprint density at radius 3 is 2.95 bits per heavy atom. The molecule has 2 aliphatic rings. The molecule has 1 unspecified atom stereocenters. The van der Waals surface area contributed by atoms with Gasteiger partial charge < -0.3 is 10.2 Å². The Balaban J connectivity index is 1.58. The Kier molecular flexibility index (Phi) is 2.88. The van der Waals surface area contributed by atoms with Gasteiger partial charge in [0.25, 0.3) is 5.91 Å². The molecule has 4 amide bonds. The predicted octanol–water partition coefficient (Wildman–Crippen LogP) is -1.52. The summed E-state index contributed by atoms with van der Waals surface area (Å²) < 4.78 is 1.58. The first-order chi connectivity index (χ1) is 9.59. The van der Waals surface area contributed by atoms with Crippen molar-refractivity contribution in [1.82, 2.24) is 30.5 Å². The molecule has 2 aliphatic heterocycles. The summed E-state index contributed by atoms with van der Waals surface area (Å²) in [6.45, 7) is 1.13. The molecule has 3 rings (SSSR count). The number of carbonyl (C=O) groups is 3. The molecule has 0 aliphatic carbocycles. The lowest BCUT2D eigenvalue weighted by atomic mass is 10.00. The molecule has 2 N–H and O–H groups in total. The third-order valence-corrected chi connectivity index (χ3v) is 3.66. The van der Waals surface area contributed by atoms with Crippen molar-refractivity contribution < 1.29 is 14.4 Å². The maximum Gasteiger partial charge on any atom is 0.322 e. The highest BCUT2D eigenvalue weighted by molar-refractivity contribution is 6.07. The van der Waals surface area contributed by atoms with Crippen LogP contribution in [0.4, 0.5) is 4.79 Å². The molecule has 0 aromatic carbocycles. The van der Waals surface area contributed by atoms with Crippen molar-refractivity contribution in [3.8, 4) is 0 Å². The first-order valence-corrected chi connectivity index (χ1v) is 6.35. The maximum absolute atomic E-state index is 12.1. The van der Waals surface area contributed by atoms with Gasteiger partial charge in [0.05, 0.1) is 19.3 Å². The lowest BCUT2D eigenvalue weighted by Crippen LogP contribution is -2.49. The van der Waals surface area contributed by atoms with E-state index in [0.717, 1.165) is 0 Å². The number of nitrogens with one attached hydrogen (secondary N) is 2. The van der Waals surface area contributed by atoms with Crippen LogP contribution in [0.2, 0.25) is 0 Å². The van der Waals surface area contributed by atoms with Gasteiger partial charge in [-0.25, -0.2) is 4.79 Å². The third kappa shape index (κ3) is 2.10. The predicted molar refractivity (Wildman–Crippen MR) is 65.2 cm³/mol. The fraction of sp³-hybridized carbons (Fsp3) is 0.545. The van der Waals surface area contributed by atoms with Crippen LogP contribution in [0.25, 0.3) is 0 Å². The number of hydrogen-bond acceptors (Lipinski definition) is 5. The minimum Gasteiger partial charge on any atom is -0.340 e.